The lowest BCUT2D eigenvalue weighted by molar-refractivity contribution is -0.154. The molecule has 1 atom stereocenters. The molecular weight excluding hydrogens is 386 g/mol. The molecule has 0 spiro atoms. The van der Waals surface area contributed by atoms with Crippen molar-refractivity contribution in [1.29, 1.82) is 0 Å². The van der Waals surface area contributed by atoms with E-state index in [2.05, 4.69) is 24.3 Å². The van der Waals surface area contributed by atoms with Crippen LogP contribution in [-0.2, 0) is 20.9 Å². The molecule has 3 rings (SSSR count). The first kappa shape index (κ1) is 21.0. The van der Waals surface area contributed by atoms with Crippen LogP contribution in [0, 0.1) is 0 Å². The lowest BCUT2D eigenvalue weighted by Gasteiger charge is -2.14. The van der Waals surface area contributed by atoms with Crippen LogP contribution in [0.4, 0.5) is 5.69 Å². The first-order chi connectivity index (χ1) is 14.3. The second kappa shape index (κ2) is 9.21. The van der Waals surface area contributed by atoms with Crippen molar-refractivity contribution >= 4 is 17.6 Å². The molecule has 1 amide bonds. The summed E-state index contributed by atoms with van der Waals surface area (Å²) in [6.45, 7) is 5.16. The average Bonchev–Trinajstić information content (AvgIpc) is 3.09. The predicted molar refractivity (Wildman–Crippen MR) is 111 cm³/mol. The summed E-state index contributed by atoms with van der Waals surface area (Å²) in [6, 6.07) is 16.3. The van der Waals surface area contributed by atoms with Crippen LogP contribution in [0.25, 0.3) is 11.5 Å². The number of carbonyl (C=O) groups excluding carboxylic acids is 2. The number of benzene rings is 2. The maximum Gasteiger partial charge on any atom is 0.437 e. The van der Waals surface area contributed by atoms with E-state index in [1.165, 1.54) is 6.92 Å². The monoisotopic (exact) mass is 409 g/mol. The summed E-state index contributed by atoms with van der Waals surface area (Å²) in [5, 5.41) is 6.69. The van der Waals surface area contributed by atoms with Crippen LogP contribution in [-0.4, -0.2) is 27.8 Å². The third kappa shape index (κ3) is 5.22. The SMILES string of the molecule is CC(C)c1ccc(NC(=O)[C@@H](C)OC(=O)Cn2nc(-c3ccccc3)oc2=O)cc1. The van der Waals surface area contributed by atoms with Gasteiger partial charge in [-0.1, -0.05) is 44.2 Å². The van der Waals surface area contributed by atoms with E-state index < -0.39 is 30.3 Å². The molecule has 8 nitrogen and oxygen atoms in total. The molecule has 0 aliphatic carbocycles. The highest BCUT2D eigenvalue weighted by Crippen LogP contribution is 2.17. The van der Waals surface area contributed by atoms with Crippen LogP contribution in [0.3, 0.4) is 0 Å². The smallest absolute Gasteiger partial charge is 0.437 e. The Morgan fingerprint density at radius 1 is 1.07 bits per heavy atom. The molecule has 1 N–H and O–H groups in total. The molecule has 0 unspecified atom stereocenters. The maximum atomic E-state index is 12.3. The van der Waals surface area contributed by atoms with E-state index >= 15 is 0 Å². The van der Waals surface area contributed by atoms with Gasteiger partial charge in [-0.3, -0.25) is 9.59 Å². The molecule has 0 bridgehead atoms. The molecule has 0 saturated heterocycles. The van der Waals surface area contributed by atoms with Crippen LogP contribution in [0.15, 0.2) is 63.8 Å². The van der Waals surface area contributed by atoms with Gasteiger partial charge in [0, 0.05) is 11.3 Å². The number of nitrogens with zero attached hydrogens (tertiary/aromatic N) is 2. The minimum Gasteiger partial charge on any atom is -0.451 e. The van der Waals surface area contributed by atoms with Gasteiger partial charge < -0.3 is 14.5 Å². The predicted octanol–water partition coefficient (Wildman–Crippen LogP) is 3.20. The van der Waals surface area contributed by atoms with Crippen LogP contribution >= 0.6 is 0 Å². The number of nitrogens with one attached hydrogen (secondary N) is 1. The van der Waals surface area contributed by atoms with Gasteiger partial charge in [-0.05, 0) is 42.7 Å². The third-order valence-electron chi connectivity index (χ3n) is 4.43. The van der Waals surface area contributed by atoms with Crippen LogP contribution in [0.5, 0.6) is 0 Å². The van der Waals surface area contributed by atoms with E-state index in [1.54, 1.807) is 36.4 Å². The summed E-state index contributed by atoms with van der Waals surface area (Å²) >= 11 is 0. The van der Waals surface area contributed by atoms with Crippen molar-refractivity contribution in [2.24, 2.45) is 0 Å². The highest BCUT2D eigenvalue weighted by molar-refractivity contribution is 5.95. The Balaban J connectivity index is 1.57. The Bertz CT molecular complexity index is 1070. The Morgan fingerprint density at radius 2 is 1.73 bits per heavy atom. The van der Waals surface area contributed by atoms with Gasteiger partial charge in [-0.25, -0.2) is 4.79 Å². The quantitative estimate of drug-likeness (QED) is 0.601. The molecule has 0 aliphatic heterocycles. The van der Waals surface area contributed by atoms with Crippen molar-refractivity contribution in [3.63, 3.8) is 0 Å². The topological polar surface area (TPSA) is 103 Å². The normalized spacial score (nSPS) is 11.9. The van der Waals surface area contributed by atoms with Crippen molar-refractivity contribution in [2.75, 3.05) is 5.32 Å². The van der Waals surface area contributed by atoms with Crippen molar-refractivity contribution in [1.82, 2.24) is 9.78 Å². The average molecular weight is 409 g/mol. The molecule has 0 saturated carbocycles. The number of amides is 1. The summed E-state index contributed by atoms with van der Waals surface area (Å²) in [4.78, 5) is 36.4. The fourth-order valence-electron chi connectivity index (χ4n) is 2.71. The Kier molecular flexibility index (Phi) is 6.46. The van der Waals surface area contributed by atoms with E-state index in [9.17, 15) is 14.4 Å². The molecule has 156 valence electrons. The number of esters is 1. The Labute approximate surface area is 173 Å². The van der Waals surface area contributed by atoms with Crippen molar-refractivity contribution in [2.45, 2.75) is 39.3 Å². The largest absolute Gasteiger partial charge is 0.451 e. The fraction of sp³-hybridized carbons (Fsp3) is 0.273. The molecule has 0 fully saturated rings. The van der Waals surface area contributed by atoms with Gasteiger partial charge in [0.05, 0.1) is 0 Å². The molecule has 2 aromatic carbocycles. The molecule has 0 radical (unpaired) electrons. The minimum atomic E-state index is -1.04. The first-order valence-corrected chi connectivity index (χ1v) is 9.57. The van der Waals surface area contributed by atoms with Crippen molar-refractivity contribution in [3.05, 3.63) is 70.7 Å². The molecule has 30 heavy (non-hydrogen) atoms. The number of aromatic nitrogens is 2. The summed E-state index contributed by atoms with van der Waals surface area (Å²) in [5.74, 6) is -1.55. The zero-order valence-electron chi connectivity index (χ0n) is 17.0. The van der Waals surface area contributed by atoms with E-state index in [-0.39, 0.29) is 5.89 Å². The number of hydrogen-bond acceptors (Lipinski definition) is 6. The van der Waals surface area contributed by atoms with Crippen molar-refractivity contribution in [3.8, 4) is 11.5 Å². The van der Waals surface area contributed by atoms with Gasteiger partial charge in [0.1, 0.15) is 6.54 Å². The summed E-state index contributed by atoms with van der Waals surface area (Å²) in [5.41, 5.74) is 2.37. The van der Waals surface area contributed by atoms with E-state index in [1.807, 2.05) is 18.2 Å². The van der Waals surface area contributed by atoms with Gasteiger partial charge in [0.2, 0.25) is 5.89 Å². The van der Waals surface area contributed by atoms with E-state index in [4.69, 9.17) is 9.15 Å². The zero-order valence-corrected chi connectivity index (χ0v) is 17.0. The second-order valence-electron chi connectivity index (χ2n) is 7.09. The standard InChI is InChI=1S/C22H23N3O5/c1-14(2)16-9-11-18(12-10-16)23-20(27)15(3)29-19(26)13-25-22(28)30-21(24-25)17-7-5-4-6-8-17/h4-12,14-15H,13H2,1-3H3,(H,23,27)/t15-/m1/s1. The van der Waals surface area contributed by atoms with Crippen molar-refractivity contribution < 1.29 is 18.7 Å². The van der Waals surface area contributed by atoms with Gasteiger partial charge >= 0.3 is 11.7 Å². The van der Waals surface area contributed by atoms with E-state index in [0.717, 1.165) is 10.2 Å². The van der Waals surface area contributed by atoms with Crippen LogP contribution in [0.2, 0.25) is 0 Å². The maximum absolute atomic E-state index is 12.3. The summed E-state index contributed by atoms with van der Waals surface area (Å²) in [6.07, 6.45) is -1.04. The zero-order chi connectivity index (χ0) is 21.7. The minimum absolute atomic E-state index is 0.101. The molecule has 1 aromatic heterocycles. The molecule has 1 heterocycles. The summed E-state index contributed by atoms with van der Waals surface area (Å²) < 4.78 is 11.1. The fourth-order valence-corrected chi connectivity index (χ4v) is 2.71. The number of rotatable bonds is 7. The molecule has 8 heteroatoms. The number of hydrogen-bond donors (Lipinski definition) is 1. The van der Waals surface area contributed by atoms with Gasteiger partial charge in [-0.2, -0.15) is 4.68 Å². The van der Waals surface area contributed by atoms with Gasteiger partial charge in [0.25, 0.3) is 5.91 Å². The lowest BCUT2D eigenvalue weighted by atomic mass is 10.0. The molecular formula is C22H23N3O5. The molecule has 0 aliphatic rings. The summed E-state index contributed by atoms with van der Waals surface area (Å²) in [7, 11) is 0. The Hall–Kier alpha value is -3.68. The van der Waals surface area contributed by atoms with Crippen LogP contribution < -0.4 is 11.1 Å². The van der Waals surface area contributed by atoms with Gasteiger partial charge in [-0.15, -0.1) is 5.10 Å². The molecule has 3 aromatic rings. The van der Waals surface area contributed by atoms with Gasteiger partial charge in [0.15, 0.2) is 6.10 Å². The highest BCUT2D eigenvalue weighted by atomic mass is 16.5. The van der Waals surface area contributed by atoms with E-state index in [0.29, 0.717) is 17.2 Å². The first-order valence-electron chi connectivity index (χ1n) is 9.57. The Morgan fingerprint density at radius 3 is 2.37 bits per heavy atom. The number of carbonyl (C=O) groups is 2. The third-order valence-corrected chi connectivity index (χ3v) is 4.43. The number of anilines is 1. The number of ether oxygens (including phenoxy) is 1. The highest BCUT2D eigenvalue weighted by Gasteiger charge is 2.20. The second-order valence-corrected chi connectivity index (χ2v) is 7.09. The van der Waals surface area contributed by atoms with Crippen LogP contribution in [0.1, 0.15) is 32.3 Å². The lowest BCUT2D eigenvalue weighted by Crippen LogP contribution is -2.32.